The summed E-state index contributed by atoms with van der Waals surface area (Å²) in [5.41, 5.74) is -4.30. The van der Waals surface area contributed by atoms with Gasteiger partial charge in [-0.15, -0.1) is 0 Å². The Balaban J connectivity index is 2.45. The zero-order valence-electron chi connectivity index (χ0n) is 11.4. The molecule has 1 fully saturated rings. The van der Waals surface area contributed by atoms with Crippen LogP contribution in [0, 0.1) is 15.9 Å². The fourth-order valence-corrected chi connectivity index (χ4v) is 2.33. The summed E-state index contributed by atoms with van der Waals surface area (Å²) in [5.74, 6) is -1.29. The molecule has 0 spiro atoms. The third kappa shape index (κ3) is 2.65. The van der Waals surface area contributed by atoms with Crippen LogP contribution in [0.15, 0.2) is 12.1 Å². The van der Waals surface area contributed by atoms with Gasteiger partial charge in [0, 0.05) is 25.1 Å². The minimum atomic E-state index is -4.88. The number of anilines is 1. The topological polar surface area (TPSA) is 75.8 Å². The highest BCUT2D eigenvalue weighted by Gasteiger charge is 2.57. The Labute approximate surface area is 122 Å². The third-order valence-electron chi connectivity index (χ3n) is 3.55. The van der Waals surface area contributed by atoms with Gasteiger partial charge >= 0.3 is 11.9 Å². The number of nitrogens with zero attached hydrogens (tertiary/aromatic N) is 2. The van der Waals surface area contributed by atoms with Crippen LogP contribution in [0.4, 0.5) is 28.9 Å². The average Bonchev–Trinajstić information content (AvgIpc) is 2.80. The van der Waals surface area contributed by atoms with Crippen LogP contribution in [0.25, 0.3) is 0 Å². The number of ether oxygens (including phenoxy) is 1. The Morgan fingerprint density at radius 1 is 1.45 bits per heavy atom. The number of hydrogen-bond donors (Lipinski definition) is 1. The summed E-state index contributed by atoms with van der Waals surface area (Å²) in [5, 5.41) is 20.6. The second-order valence-corrected chi connectivity index (χ2v) is 4.93. The molecule has 1 heterocycles. The molecular weight excluding hydrogens is 312 g/mol. The molecule has 22 heavy (non-hydrogen) atoms. The largest absolute Gasteiger partial charge is 0.497 e. The van der Waals surface area contributed by atoms with Crippen LogP contribution in [0.5, 0.6) is 5.75 Å². The normalized spacial score (nSPS) is 22.0. The lowest BCUT2D eigenvalue weighted by Crippen LogP contribution is -2.47. The molecule has 2 rings (SSSR count). The summed E-state index contributed by atoms with van der Waals surface area (Å²) in [6.45, 7) is -1.21. The molecule has 0 aliphatic carbocycles. The van der Waals surface area contributed by atoms with Crippen molar-refractivity contribution in [3.63, 3.8) is 0 Å². The van der Waals surface area contributed by atoms with Crippen LogP contribution in [0.3, 0.4) is 0 Å². The first-order chi connectivity index (χ1) is 10.1. The molecule has 6 nitrogen and oxygen atoms in total. The Bertz CT molecular complexity index is 608. The minimum Gasteiger partial charge on any atom is -0.497 e. The van der Waals surface area contributed by atoms with Gasteiger partial charge in [-0.2, -0.15) is 17.6 Å². The van der Waals surface area contributed by atoms with E-state index in [-0.39, 0.29) is 18.0 Å². The monoisotopic (exact) mass is 324 g/mol. The van der Waals surface area contributed by atoms with Crippen LogP contribution < -0.4 is 9.64 Å². The van der Waals surface area contributed by atoms with Crippen LogP contribution in [0.2, 0.25) is 0 Å². The van der Waals surface area contributed by atoms with Crippen LogP contribution >= 0.6 is 0 Å². The molecular formula is C12H12F4N2O4. The molecule has 1 unspecified atom stereocenters. The van der Waals surface area contributed by atoms with Gasteiger partial charge < -0.3 is 14.7 Å². The van der Waals surface area contributed by atoms with Crippen molar-refractivity contribution in [2.45, 2.75) is 18.2 Å². The SMILES string of the molecule is COc1cc(F)c([N+](=O)[O-])c(N2CCC(O)(C(F)(F)F)C2)c1. The highest BCUT2D eigenvalue weighted by Crippen LogP contribution is 2.43. The minimum absolute atomic E-state index is 0.0689. The molecule has 1 aromatic carbocycles. The van der Waals surface area contributed by atoms with Crippen molar-refractivity contribution in [3.8, 4) is 5.75 Å². The molecule has 0 bridgehead atoms. The number of nitro groups is 1. The zero-order chi connectivity index (χ0) is 16.7. The lowest BCUT2D eigenvalue weighted by molar-refractivity contribution is -0.386. The fraction of sp³-hybridized carbons (Fsp3) is 0.500. The summed E-state index contributed by atoms with van der Waals surface area (Å²) in [7, 11) is 1.19. The standard InChI is InChI=1S/C12H12F4N2O4/c1-22-7-4-8(13)10(18(20)21)9(5-7)17-3-2-11(19,6-17)12(14,15)16/h4-5,19H,2-3,6H2,1H3. The Hall–Kier alpha value is -2.10. The van der Waals surface area contributed by atoms with Gasteiger partial charge in [0.2, 0.25) is 5.82 Å². The number of halogens is 4. The van der Waals surface area contributed by atoms with E-state index in [1.807, 2.05) is 0 Å². The number of hydrogen-bond acceptors (Lipinski definition) is 5. The molecule has 1 N–H and O–H groups in total. The molecule has 0 radical (unpaired) electrons. The van der Waals surface area contributed by atoms with E-state index in [1.165, 1.54) is 7.11 Å². The first-order valence-corrected chi connectivity index (χ1v) is 6.15. The summed E-state index contributed by atoms with van der Waals surface area (Å²) < 4.78 is 57.0. The van der Waals surface area contributed by atoms with E-state index >= 15 is 0 Å². The molecule has 0 aromatic heterocycles. The predicted molar refractivity (Wildman–Crippen MR) is 67.4 cm³/mol. The van der Waals surface area contributed by atoms with Crippen LogP contribution in [-0.4, -0.2) is 42.0 Å². The number of aliphatic hydroxyl groups is 1. The number of rotatable bonds is 3. The van der Waals surface area contributed by atoms with Gasteiger partial charge in [0.1, 0.15) is 11.4 Å². The number of nitro benzene ring substituents is 1. The lowest BCUT2D eigenvalue weighted by Gasteiger charge is -2.26. The van der Waals surface area contributed by atoms with Crippen molar-refractivity contribution < 1.29 is 32.3 Å². The van der Waals surface area contributed by atoms with Crippen molar-refractivity contribution in [2.24, 2.45) is 0 Å². The van der Waals surface area contributed by atoms with E-state index in [0.29, 0.717) is 0 Å². The quantitative estimate of drug-likeness (QED) is 0.524. The molecule has 122 valence electrons. The first kappa shape index (κ1) is 16.3. The molecule has 1 aromatic rings. The molecule has 1 aliphatic heterocycles. The van der Waals surface area contributed by atoms with E-state index in [2.05, 4.69) is 0 Å². The molecule has 1 atom stereocenters. The maximum absolute atomic E-state index is 13.8. The van der Waals surface area contributed by atoms with Crippen LogP contribution in [-0.2, 0) is 0 Å². The number of alkyl halides is 3. The number of methoxy groups -OCH3 is 1. The van der Waals surface area contributed by atoms with Crippen molar-refractivity contribution in [2.75, 3.05) is 25.1 Å². The maximum Gasteiger partial charge on any atom is 0.418 e. The Morgan fingerprint density at radius 2 is 2.09 bits per heavy atom. The van der Waals surface area contributed by atoms with E-state index < -0.39 is 41.2 Å². The van der Waals surface area contributed by atoms with Gasteiger partial charge in [-0.25, -0.2) is 0 Å². The van der Waals surface area contributed by atoms with E-state index in [9.17, 15) is 32.8 Å². The third-order valence-corrected chi connectivity index (χ3v) is 3.55. The number of benzene rings is 1. The zero-order valence-corrected chi connectivity index (χ0v) is 11.4. The smallest absolute Gasteiger partial charge is 0.418 e. The molecule has 0 amide bonds. The summed E-state index contributed by atoms with van der Waals surface area (Å²) in [6.07, 6.45) is -5.54. The van der Waals surface area contributed by atoms with Gasteiger partial charge in [-0.3, -0.25) is 10.1 Å². The maximum atomic E-state index is 13.8. The summed E-state index contributed by atoms with van der Waals surface area (Å²) in [4.78, 5) is 10.9. The molecule has 0 saturated carbocycles. The van der Waals surface area contributed by atoms with Gasteiger partial charge in [-0.1, -0.05) is 0 Å². The van der Waals surface area contributed by atoms with E-state index in [4.69, 9.17) is 4.74 Å². The van der Waals surface area contributed by atoms with Gasteiger partial charge in [-0.05, 0) is 0 Å². The van der Waals surface area contributed by atoms with Gasteiger partial charge in [0.15, 0.2) is 5.60 Å². The van der Waals surface area contributed by atoms with Crippen molar-refractivity contribution >= 4 is 11.4 Å². The average molecular weight is 324 g/mol. The van der Waals surface area contributed by atoms with Gasteiger partial charge in [0.05, 0.1) is 18.6 Å². The highest BCUT2D eigenvalue weighted by molar-refractivity contribution is 5.67. The first-order valence-electron chi connectivity index (χ1n) is 6.15. The highest BCUT2D eigenvalue weighted by atomic mass is 19.4. The summed E-state index contributed by atoms with van der Waals surface area (Å²) in [6, 6.07) is 1.84. The summed E-state index contributed by atoms with van der Waals surface area (Å²) >= 11 is 0. The number of β-amino-alcohol motifs (C(OH)–C–C–N with tert-alkyl or cyclic N) is 1. The second-order valence-electron chi connectivity index (χ2n) is 4.93. The lowest BCUT2D eigenvalue weighted by atomic mass is 10.0. The Morgan fingerprint density at radius 3 is 2.55 bits per heavy atom. The molecule has 10 heteroatoms. The van der Waals surface area contributed by atoms with Crippen molar-refractivity contribution in [3.05, 3.63) is 28.1 Å². The van der Waals surface area contributed by atoms with E-state index in [0.717, 1.165) is 17.0 Å². The van der Waals surface area contributed by atoms with E-state index in [1.54, 1.807) is 0 Å². The van der Waals surface area contributed by atoms with Crippen molar-refractivity contribution in [1.29, 1.82) is 0 Å². The molecule has 1 saturated heterocycles. The molecule has 1 aliphatic rings. The van der Waals surface area contributed by atoms with Crippen LogP contribution in [0.1, 0.15) is 6.42 Å². The predicted octanol–water partition coefficient (Wildman–Crippen LogP) is 2.25. The fourth-order valence-electron chi connectivity index (χ4n) is 2.33. The Kier molecular flexibility index (Phi) is 3.90. The van der Waals surface area contributed by atoms with Crippen molar-refractivity contribution in [1.82, 2.24) is 0 Å². The van der Waals surface area contributed by atoms with Gasteiger partial charge in [0.25, 0.3) is 0 Å². The second kappa shape index (κ2) is 5.27.